The molecule has 0 amide bonds. The number of aryl methyl sites for hydroxylation is 1. The molecule has 1 aliphatic rings. The lowest BCUT2D eigenvalue weighted by Crippen LogP contribution is -2.36. The summed E-state index contributed by atoms with van der Waals surface area (Å²) in [6.07, 6.45) is 8.17. The minimum atomic E-state index is 0.118. The molecule has 1 aliphatic carbocycles. The zero-order valence-corrected chi connectivity index (χ0v) is 13.5. The number of nitrogens with zero attached hydrogens (tertiary/aromatic N) is 2. The van der Waals surface area contributed by atoms with E-state index in [1.54, 1.807) is 0 Å². The van der Waals surface area contributed by atoms with Crippen LogP contribution in [0.25, 0.3) is 0 Å². The summed E-state index contributed by atoms with van der Waals surface area (Å²) in [5.41, 5.74) is 0.294. The predicted molar refractivity (Wildman–Crippen MR) is 80.8 cm³/mol. The molecule has 2 rings (SSSR count). The van der Waals surface area contributed by atoms with E-state index < -0.39 is 0 Å². The zero-order valence-electron chi connectivity index (χ0n) is 13.5. The molecule has 4 heteroatoms. The van der Waals surface area contributed by atoms with Crippen LogP contribution in [0.2, 0.25) is 0 Å². The molecule has 1 N–H and O–H groups in total. The highest BCUT2D eigenvalue weighted by molar-refractivity contribution is 5.03. The summed E-state index contributed by atoms with van der Waals surface area (Å²) in [6.45, 7) is 9.80. The maximum absolute atomic E-state index is 5.91. The molecule has 20 heavy (non-hydrogen) atoms. The van der Waals surface area contributed by atoms with E-state index >= 15 is 0 Å². The minimum Gasteiger partial charge on any atom is -0.425 e. The van der Waals surface area contributed by atoms with Crippen LogP contribution in [-0.2, 0) is 11.8 Å². The molecule has 0 saturated heterocycles. The van der Waals surface area contributed by atoms with Crippen LogP contribution in [0.4, 0.5) is 0 Å². The maximum atomic E-state index is 5.91. The third-order valence-electron chi connectivity index (χ3n) is 4.16. The first-order valence-electron chi connectivity index (χ1n) is 7.97. The van der Waals surface area contributed by atoms with E-state index in [1.165, 1.54) is 32.1 Å². The molecular formula is C16H29N3O. The average Bonchev–Trinajstić information content (AvgIpc) is 2.84. The van der Waals surface area contributed by atoms with Gasteiger partial charge in [-0.3, -0.25) is 0 Å². The molecule has 0 unspecified atom stereocenters. The van der Waals surface area contributed by atoms with Gasteiger partial charge in [-0.15, -0.1) is 10.2 Å². The Morgan fingerprint density at radius 1 is 1.15 bits per heavy atom. The highest BCUT2D eigenvalue weighted by atomic mass is 16.4. The summed E-state index contributed by atoms with van der Waals surface area (Å²) in [4.78, 5) is 0. The Morgan fingerprint density at radius 2 is 1.85 bits per heavy atom. The van der Waals surface area contributed by atoms with Crippen molar-refractivity contribution in [2.45, 2.75) is 83.6 Å². The van der Waals surface area contributed by atoms with E-state index in [2.05, 4.69) is 43.2 Å². The first-order valence-corrected chi connectivity index (χ1v) is 7.97. The highest BCUT2D eigenvalue weighted by Gasteiger charge is 2.34. The van der Waals surface area contributed by atoms with Gasteiger partial charge in [0.1, 0.15) is 0 Å². The van der Waals surface area contributed by atoms with Crippen LogP contribution in [0, 0.1) is 0 Å². The van der Waals surface area contributed by atoms with Gasteiger partial charge in [-0.25, -0.2) is 0 Å². The fourth-order valence-corrected chi connectivity index (χ4v) is 2.85. The van der Waals surface area contributed by atoms with Crippen molar-refractivity contribution in [3.8, 4) is 0 Å². The molecule has 0 bridgehead atoms. The van der Waals surface area contributed by atoms with E-state index in [0.717, 1.165) is 31.2 Å². The van der Waals surface area contributed by atoms with Gasteiger partial charge in [0.05, 0.1) is 0 Å². The topological polar surface area (TPSA) is 51.0 Å². The lowest BCUT2D eigenvalue weighted by atomic mass is 9.76. The third kappa shape index (κ3) is 4.30. The summed E-state index contributed by atoms with van der Waals surface area (Å²) in [5, 5.41) is 12.0. The molecule has 0 aromatic carbocycles. The van der Waals surface area contributed by atoms with Gasteiger partial charge < -0.3 is 9.73 Å². The van der Waals surface area contributed by atoms with Crippen LogP contribution in [0.1, 0.15) is 78.0 Å². The molecule has 4 nitrogen and oxygen atoms in total. The zero-order chi connectivity index (χ0) is 14.6. The molecule has 1 aromatic rings. The SMILES string of the molecule is CC(C)(C)NCCCc1nnc(C2(C)CCCCC2)o1. The second kappa shape index (κ2) is 6.25. The molecule has 0 radical (unpaired) electrons. The summed E-state index contributed by atoms with van der Waals surface area (Å²) in [6, 6.07) is 0. The first kappa shape index (κ1) is 15.5. The highest BCUT2D eigenvalue weighted by Crippen LogP contribution is 2.38. The summed E-state index contributed by atoms with van der Waals surface area (Å²) in [7, 11) is 0. The molecule has 0 aliphatic heterocycles. The standard InChI is InChI=1S/C16H29N3O/c1-15(2,3)17-12-8-9-13-18-19-14(20-13)16(4)10-6-5-7-11-16/h17H,5-12H2,1-4H3. The Morgan fingerprint density at radius 3 is 2.50 bits per heavy atom. The summed E-state index contributed by atoms with van der Waals surface area (Å²) < 4.78 is 5.91. The fraction of sp³-hybridized carbons (Fsp3) is 0.875. The minimum absolute atomic E-state index is 0.118. The van der Waals surface area contributed by atoms with Crippen LogP contribution < -0.4 is 5.32 Å². The molecule has 0 atom stereocenters. The van der Waals surface area contributed by atoms with Crippen LogP contribution in [-0.4, -0.2) is 22.3 Å². The van der Waals surface area contributed by atoms with E-state index in [1.807, 2.05) is 0 Å². The van der Waals surface area contributed by atoms with Gasteiger partial charge in [0, 0.05) is 17.4 Å². The lowest BCUT2D eigenvalue weighted by molar-refractivity contribution is 0.251. The Labute approximate surface area is 122 Å². The van der Waals surface area contributed by atoms with Crippen molar-refractivity contribution in [2.75, 3.05) is 6.54 Å². The summed E-state index contributed by atoms with van der Waals surface area (Å²) in [5.74, 6) is 1.65. The van der Waals surface area contributed by atoms with E-state index in [0.29, 0.717) is 0 Å². The van der Waals surface area contributed by atoms with Gasteiger partial charge in [0.15, 0.2) is 0 Å². The molecule has 1 heterocycles. The van der Waals surface area contributed by atoms with Crippen molar-refractivity contribution in [1.29, 1.82) is 0 Å². The molecule has 114 valence electrons. The van der Waals surface area contributed by atoms with Crippen LogP contribution in [0.15, 0.2) is 4.42 Å². The van der Waals surface area contributed by atoms with Crippen molar-refractivity contribution in [3.05, 3.63) is 11.8 Å². The van der Waals surface area contributed by atoms with Crippen LogP contribution in [0.3, 0.4) is 0 Å². The smallest absolute Gasteiger partial charge is 0.222 e. The van der Waals surface area contributed by atoms with E-state index in [9.17, 15) is 0 Å². The van der Waals surface area contributed by atoms with Crippen molar-refractivity contribution >= 4 is 0 Å². The van der Waals surface area contributed by atoms with Crippen LogP contribution in [0.5, 0.6) is 0 Å². The largest absolute Gasteiger partial charge is 0.425 e. The van der Waals surface area contributed by atoms with Gasteiger partial charge in [-0.2, -0.15) is 0 Å². The maximum Gasteiger partial charge on any atom is 0.222 e. The van der Waals surface area contributed by atoms with Gasteiger partial charge >= 0.3 is 0 Å². The Kier molecular flexibility index (Phi) is 4.84. The monoisotopic (exact) mass is 279 g/mol. The van der Waals surface area contributed by atoms with E-state index in [-0.39, 0.29) is 11.0 Å². The molecule has 1 saturated carbocycles. The average molecular weight is 279 g/mol. The third-order valence-corrected chi connectivity index (χ3v) is 4.16. The van der Waals surface area contributed by atoms with Crippen LogP contribution >= 0.6 is 0 Å². The number of hydrogen-bond donors (Lipinski definition) is 1. The number of nitrogens with one attached hydrogen (secondary N) is 1. The molecule has 0 spiro atoms. The van der Waals surface area contributed by atoms with Crippen molar-refractivity contribution < 1.29 is 4.42 Å². The van der Waals surface area contributed by atoms with Crippen molar-refractivity contribution in [1.82, 2.24) is 15.5 Å². The molecule has 1 fully saturated rings. The number of aromatic nitrogens is 2. The van der Waals surface area contributed by atoms with Gasteiger partial charge in [-0.05, 0) is 46.6 Å². The molecular weight excluding hydrogens is 250 g/mol. The predicted octanol–water partition coefficient (Wildman–Crippen LogP) is 3.61. The summed E-state index contributed by atoms with van der Waals surface area (Å²) >= 11 is 0. The van der Waals surface area contributed by atoms with Gasteiger partial charge in [0.25, 0.3) is 0 Å². The quantitative estimate of drug-likeness (QED) is 0.836. The van der Waals surface area contributed by atoms with E-state index in [4.69, 9.17) is 4.42 Å². The number of hydrogen-bond acceptors (Lipinski definition) is 4. The Hall–Kier alpha value is -0.900. The van der Waals surface area contributed by atoms with Crippen molar-refractivity contribution in [3.63, 3.8) is 0 Å². The van der Waals surface area contributed by atoms with Crippen molar-refractivity contribution in [2.24, 2.45) is 0 Å². The van der Waals surface area contributed by atoms with Gasteiger partial charge in [-0.1, -0.05) is 26.2 Å². The molecule has 1 aromatic heterocycles. The normalized spacial score (nSPS) is 19.2. The second-order valence-corrected chi connectivity index (χ2v) is 7.40. The van der Waals surface area contributed by atoms with Gasteiger partial charge in [0.2, 0.25) is 11.8 Å². The fourth-order valence-electron chi connectivity index (χ4n) is 2.85. The Bertz CT molecular complexity index is 414. The number of rotatable bonds is 5. The lowest BCUT2D eigenvalue weighted by Gasteiger charge is -2.29. The first-order chi connectivity index (χ1) is 9.39. The Balaban J connectivity index is 1.83. The second-order valence-electron chi connectivity index (χ2n) is 7.40.